The van der Waals surface area contributed by atoms with Crippen LogP contribution in [0.1, 0.15) is 35.9 Å². The number of carbonyl (C=O) groups is 1. The number of hydrogen-bond acceptors (Lipinski definition) is 5. The van der Waals surface area contributed by atoms with Crippen molar-refractivity contribution in [3.63, 3.8) is 0 Å². The molecule has 0 saturated carbocycles. The van der Waals surface area contributed by atoms with Gasteiger partial charge in [0.05, 0.1) is 6.61 Å². The van der Waals surface area contributed by atoms with Gasteiger partial charge in [0.25, 0.3) is 5.91 Å². The summed E-state index contributed by atoms with van der Waals surface area (Å²) in [7, 11) is -3.73. The van der Waals surface area contributed by atoms with Crippen LogP contribution in [0.2, 0.25) is 0 Å². The molecule has 8 heteroatoms. The Bertz CT molecular complexity index is 1500. The highest BCUT2D eigenvalue weighted by Gasteiger charge is 2.30. The van der Waals surface area contributed by atoms with E-state index in [0.29, 0.717) is 31.0 Å². The monoisotopic (exact) mass is 478 g/mol. The van der Waals surface area contributed by atoms with Gasteiger partial charge in [-0.1, -0.05) is 36.4 Å². The van der Waals surface area contributed by atoms with Gasteiger partial charge in [-0.15, -0.1) is 0 Å². The molecule has 5 rings (SSSR count). The zero-order valence-electron chi connectivity index (χ0n) is 19.1. The number of amides is 1. The van der Waals surface area contributed by atoms with Crippen LogP contribution in [0.3, 0.4) is 0 Å². The summed E-state index contributed by atoms with van der Waals surface area (Å²) in [5.41, 5.74) is 1.75. The summed E-state index contributed by atoms with van der Waals surface area (Å²) in [6.45, 7) is 4.95. The lowest BCUT2D eigenvalue weighted by molar-refractivity contribution is 0.0998. The molecule has 1 aromatic heterocycles. The highest BCUT2D eigenvalue weighted by atomic mass is 32.2. The third kappa shape index (κ3) is 3.82. The number of hydrogen-bond donors (Lipinski definition) is 1. The summed E-state index contributed by atoms with van der Waals surface area (Å²) < 4.78 is 39.6. The number of furan rings is 1. The summed E-state index contributed by atoms with van der Waals surface area (Å²) in [6.07, 6.45) is 1.67. The minimum Gasteiger partial charge on any atom is -0.492 e. The molecular weight excluding hydrogens is 452 g/mol. The maximum atomic E-state index is 13.2. The molecule has 34 heavy (non-hydrogen) atoms. The lowest BCUT2D eigenvalue weighted by atomic mass is 10.1. The van der Waals surface area contributed by atoms with Crippen LogP contribution in [0.4, 0.5) is 5.69 Å². The Morgan fingerprint density at radius 2 is 1.82 bits per heavy atom. The van der Waals surface area contributed by atoms with Crippen molar-refractivity contribution in [2.45, 2.75) is 31.6 Å². The fourth-order valence-corrected chi connectivity index (χ4v) is 6.16. The highest BCUT2D eigenvalue weighted by Crippen LogP contribution is 2.34. The van der Waals surface area contributed by atoms with Gasteiger partial charge >= 0.3 is 0 Å². The van der Waals surface area contributed by atoms with Crippen molar-refractivity contribution in [2.75, 3.05) is 25.0 Å². The summed E-state index contributed by atoms with van der Waals surface area (Å²) in [4.78, 5) is 13.2. The second kappa shape index (κ2) is 8.77. The van der Waals surface area contributed by atoms with E-state index >= 15 is 0 Å². The van der Waals surface area contributed by atoms with Crippen molar-refractivity contribution in [1.82, 2.24) is 4.31 Å². The number of anilines is 1. The Balaban J connectivity index is 1.51. The molecule has 1 aliphatic rings. The van der Waals surface area contributed by atoms with E-state index in [1.165, 1.54) is 10.4 Å². The third-order valence-corrected chi connectivity index (χ3v) is 8.14. The third-order valence-electron chi connectivity index (χ3n) is 6.22. The molecule has 4 aromatic rings. The van der Waals surface area contributed by atoms with Crippen molar-refractivity contribution in [3.8, 4) is 5.75 Å². The number of ether oxygens (including phenoxy) is 1. The Morgan fingerprint density at radius 3 is 2.59 bits per heavy atom. The number of carbonyl (C=O) groups excluding carboxylic acids is 1. The Hall–Kier alpha value is -3.36. The molecule has 2 heterocycles. The van der Waals surface area contributed by atoms with E-state index in [0.717, 1.165) is 34.6 Å². The molecule has 1 N–H and O–H groups in total. The number of rotatable bonds is 6. The maximum Gasteiger partial charge on any atom is 0.291 e. The fourth-order valence-electron chi connectivity index (χ4n) is 4.48. The van der Waals surface area contributed by atoms with Crippen molar-refractivity contribution in [1.29, 1.82) is 0 Å². The van der Waals surface area contributed by atoms with Crippen LogP contribution in [-0.4, -0.2) is 38.3 Å². The second-order valence-electron chi connectivity index (χ2n) is 8.38. The molecule has 176 valence electrons. The smallest absolute Gasteiger partial charge is 0.291 e. The molecule has 1 amide bonds. The molecule has 3 aromatic carbocycles. The lowest BCUT2D eigenvalue weighted by Gasteiger charge is -2.19. The molecule has 1 fully saturated rings. The topological polar surface area (TPSA) is 88.8 Å². The molecule has 1 aliphatic heterocycles. The van der Waals surface area contributed by atoms with Gasteiger partial charge < -0.3 is 14.5 Å². The number of nitrogens with zero attached hydrogens (tertiary/aromatic N) is 1. The normalized spacial score (nSPS) is 14.6. The first-order valence-corrected chi connectivity index (χ1v) is 12.8. The van der Waals surface area contributed by atoms with E-state index in [9.17, 15) is 13.2 Å². The molecule has 1 saturated heterocycles. The van der Waals surface area contributed by atoms with Crippen molar-refractivity contribution in [2.24, 2.45) is 0 Å². The van der Waals surface area contributed by atoms with Crippen molar-refractivity contribution < 1.29 is 22.4 Å². The van der Waals surface area contributed by atoms with Crippen LogP contribution >= 0.6 is 0 Å². The number of nitrogens with one attached hydrogen (secondary N) is 1. The molecule has 0 aliphatic carbocycles. The van der Waals surface area contributed by atoms with Crippen LogP contribution in [0.5, 0.6) is 5.75 Å². The number of fused-ring (bicyclic) bond motifs is 3. The second-order valence-corrected chi connectivity index (χ2v) is 10.3. The molecular formula is C26H26N2O5S. The van der Waals surface area contributed by atoms with Crippen LogP contribution in [-0.2, 0) is 10.0 Å². The van der Waals surface area contributed by atoms with E-state index < -0.39 is 15.9 Å². The largest absolute Gasteiger partial charge is 0.492 e. The highest BCUT2D eigenvalue weighted by molar-refractivity contribution is 7.89. The van der Waals surface area contributed by atoms with Gasteiger partial charge in [-0.05, 0) is 50.3 Å². The summed E-state index contributed by atoms with van der Waals surface area (Å²) >= 11 is 0. The number of aryl methyl sites for hydroxylation is 1. The average molecular weight is 479 g/mol. The van der Waals surface area contributed by atoms with Gasteiger partial charge in [0, 0.05) is 35.1 Å². The molecule has 0 bridgehead atoms. The average Bonchev–Trinajstić information content (AvgIpc) is 3.49. The van der Waals surface area contributed by atoms with Crippen molar-refractivity contribution >= 4 is 43.4 Å². The zero-order valence-corrected chi connectivity index (χ0v) is 19.9. The molecule has 0 radical (unpaired) electrons. The van der Waals surface area contributed by atoms with E-state index in [1.54, 1.807) is 19.1 Å². The summed E-state index contributed by atoms with van der Waals surface area (Å²) in [5.74, 6) is 0.0365. The Labute approximate surface area is 198 Å². The van der Waals surface area contributed by atoms with Crippen molar-refractivity contribution in [3.05, 3.63) is 65.9 Å². The summed E-state index contributed by atoms with van der Waals surface area (Å²) in [6, 6.07) is 16.5. The van der Waals surface area contributed by atoms with Crippen LogP contribution < -0.4 is 10.1 Å². The summed E-state index contributed by atoms with van der Waals surface area (Å²) in [5, 5.41) is 5.64. The number of sulfonamides is 1. The predicted molar refractivity (Wildman–Crippen MR) is 132 cm³/mol. The van der Waals surface area contributed by atoms with Gasteiger partial charge in [-0.3, -0.25) is 4.79 Å². The van der Waals surface area contributed by atoms with Crippen LogP contribution in [0, 0.1) is 6.92 Å². The van der Waals surface area contributed by atoms with Gasteiger partial charge in [0.15, 0.2) is 5.76 Å². The first kappa shape index (κ1) is 22.4. The van der Waals surface area contributed by atoms with E-state index in [4.69, 9.17) is 9.15 Å². The standard InChI is InChI=1S/C26H26N2O5S/c1-3-32-22-13-11-19(16-23(22)34(30,31)28-14-6-7-15-28)27-26(29)24-17(2)20-12-10-18-8-4-5-9-21(18)25(20)33-24/h4-5,8-13,16H,3,6-7,14-15H2,1-2H3,(H,27,29). The zero-order chi connectivity index (χ0) is 23.9. The van der Waals surface area contributed by atoms with Gasteiger partial charge in [-0.2, -0.15) is 4.31 Å². The maximum absolute atomic E-state index is 13.2. The Morgan fingerprint density at radius 1 is 1.06 bits per heavy atom. The van der Waals surface area contributed by atoms with Gasteiger partial charge in [0.1, 0.15) is 16.2 Å². The van der Waals surface area contributed by atoms with E-state index in [2.05, 4.69) is 5.32 Å². The molecule has 7 nitrogen and oxygen atoms in total. The van der Waals surface area contributed by atoms with Gasteiger partial charge in [-0.25, -0.2) is 8.42 Å². The number of benzene rings is 3. The van der Waals surface area contributed by atoms with E-state index in [-0.39, 0.29) is 16.4 Å². The quantitative estimate of drug-likeness (QED) is 0.405. The van der Waals surface area contributed by atoms with E-state index in [1.807, 2.05) is 43.3 Å². The first-order valence-electron chi connectivity index (χ1n) is 11.4. The van der Waals surface area contributed by atoms with Crippen LogP contribution in [0.25, 0.3) is 21.7 Å². The minimum atomic E-state index is -3.73. The first-order chi connectivity index (χ1) is 16.4. The Kier molecular flexibility index (Phi) is 5.79. The minimum absolute atomic E-state index is 0.0568. The SMILES string of the molecule is CCOc1ccc(NC(=O)c2oc3c(ccc4ccccc43)c2C)cc1S(=O)(=O)N1CCCC1. The van der Waals surface area contributed by atoms with Gasteiger partial charge in [0.2, 0.25) is 10.0 Å². The molecule has 0 unspecified atom stereocenters. The predicted octanol–water partition coefficient (Wildman–Crippen LogP) is 5.33. The lowest BCUT2D eigenvalue weighted by Crippen LogP contribution is -2.28. The van der Waals surface area contributed by atoms with Crippen LogP contribution in [0.15, 0.2) is 63.9 Å². The fraction of sp³-hybridized carbons (Fsp3) is 0.269. The molecule has 0 spiro atoms. The molecule has 0 atom stereocenters.